The zero-order valence-corrected chi connectivity index (χ0v) is 14.5. The molecule has 0 aliphatic carbocycles. The number of nitrogen functional groups attached to an aromatic ring is 1. The van der Waals surface area contributed by atoms with Gasteiger partial charge in [-0.25, -0.2) is 8.91 Å². The van der Waals surface area contributed by atoms with Crippen molar-refractivity contribution in [1.29, 1.82) is 0 Å². The first-order chi connectivity index (χ1) is 13.1. The summed E-state index contributed by atoms with van der Waals surface area (Å²) in [4.78, 5) is 23.3. The first-order valence-corrected chi connectivity index (χ1v) is 8.87. The van der Waals surface area contributed by atoms with Gasteiger partial charge in [-0.15, -0.1) is 5.10 Å². The second-order valence-electron chi connectivity index (χ2n) is 6.90. The zero-order valence-electron chi connectivity index (χ0n) is 14.5. The van der Waals surface area contributed by atoms with Gasteiger partial charge in [-0.2, -0.15) is 4.98 Å². The molecule has 2 aliphatic heterocycles. The summed E-state index contributed by atoms with van der Waals surface area (Å²) < 4.78 is 15.7. The monoisotopic (exact) mass is 367 g/mol. The Bertz CT molecular complexity index is 1050. The lowest BCUT2D eigenvalue weighted by molar-refractivity contribution is 0.0601. The van der Waals surface area contributed by atoms with Gasteiger partial charge in [-0.1, -0.05) is 0 Å². The molecule has 5 heterocycles. The minimum absolute atomic E-state index is 0.158. The molecule has 3 aromatic heterocycles. The van der Waals surface area contributed by atoms with Crippen LogP contribution >= 0.6 is 0 Å². The van der Waals surface area contributed by atoms with Crippen molar-refractivity contribution < 1.29 is 9.18 Å². The van der Waals surface area contributed by atoms with Crippen LogP contribution in [0.2, 0.25) is 0 Å². The number of rotatable bonds is 2. The van der Waals surface area contributed by atoms with Crippen molar-refractivity contribution in [2.75, 3.05) is 25.4 Å². The molecule has 138 valence electrons. The number of nitrogens with one attached hydrogen (secondary N) is 1. The Morgan fingerprint density at radius 1 is 1.26 bits per heavy atom. The van der Waals surface area contributed by atoms with E-state index in [1.807, 2.05) is 18.2 Å². The molecule has 1 amide bonds. The molecule has 0 radical (unpaired) electrons. The summed E-state index contributed by atoms with van der Waals surface area (Å²) >= 11 is 0. The van der Waals surface area contributed by atoms with Crippen molar-refractivity contribution in [3.8, 4) is 11.1 Å². The fraction of sp³-hybridized carbons (Fsp3) is 0.333. The first-order valence-electron chi connectivity index (χ1n) is 8.87. The van der Waals surface area contributed by atoms with Crippen LogP contribution < -0.4 is 11.1 Å². The molecule has 3 N–H and O–H groups in total. The van der Waals surface area contributed by atoms with Gasteiger partial charge in [-0.05, 0) is 23.8 Å². The van der Waals surface area contributed by atoms with Crippen LogP contribution in [-0.2, 0) is 6.42 Å². The highest BCUT2D eigenvalue weighted by Crippen LogP contribution is 2.27. The normalized spacial score (nSPS) is 22.4. The molecular formula is C18H18FN7O. The molecule has 0 saturated carbocycles. The third-order valence-electron chi connectivity index (χ3n) is 5.25. The van der Waals surface area contributed by atoms with Crippen LogP contribution in [0.1, 0.15) is 16.1 Å². The Hall–Kier alpha value is -3.07. The smallest absolute Gasteiger partial charge is 0.256 e. The Labute approximate surface area is 154 Å². The van der Waals surface area contributed by atoms with E-state index in [0.717, 1.165) is 16.8 Å². The highest BCUT2D eigenvalue weighted by molar-refractivity contribution is 5.97. The fourth-order valence-electron chi connectivity index (χ4n) is 3.85. The molecule has 0 bridgehead atoms. The molecule has 2 atom stereocenters. The van der Waals surface area contributed by atoms with Crippen LogP contribution in [-0.4, -0.2) is 62.2 Å². The first kappa shape index (κ1) is 16.1. The fourth-order valence-corrected chi connectivity index (χ4v) is 3.85. The van der Waals surface area contributed by atoms with E-state index >= 15 is 0 Å². The Morgan fingerprint density at radius 2 is 2.15 bits per heavy atom. The molecule has 2 aliphatic rings. The van der Waals surface area contributed by atoms with Crippen LogP contribution in [0.3, 0.4) is 0 Å². The second-order valence-corrected chi connectivity index (χ2v) is 6.90. The third-order valence-corrected chi connectivity index (χ3v) is 5.25. The zero-order chi connectivity index (χ0) is 18.5. The molecule has 27 heavy (non-hydrogen) atoms. The highest BCUT2D eigenvalue weighted by Gasteiger charge is 2.38. The molecule has 9 heteroatoms. The van der Waals surface area contributed by atoms with Crippen molar-refractivity contribution in [3.63, 3.8) is 0 Å². The third kappa shape index (κ3) is 2.62. The largest absolute Gasteiger partial charge is 0.366 e. The van der Waals surface area contributed by atoms with Gasteiger partial charge in [-0.3, -0.25) is 9.78 Å². The molecule has 0 spiro atoms. The standard InChI is InChI=1S/C18H18FN7O/c19-13-8-21-9-15(13)25-3-2-14-12(17(25)27)5-11(7-22-14)10-1-4-26-16(6-10)23-18(20)24-26/h1,4-7,13,15,21H,2-3,8-9H2,(H2,20,24)/t13-,15+/m0/s1. The van der Waals surface area contributed by atoms with E-state index in [9.17, 15) is 9.18 Å². The van der Waals surface area contributed by atoms with Gasteiger partial charge in [0.2, 0.25) is 5.95 Å². The number of nitrogens with zero attached hydrogens (tertiary/aromatic N) is 5. The van der Waals surface area contributed by atoms with Gasteiger partial charge < -0.3 is 16.0 Å². The quantitative estimate of drug-likeness (QED) is 0.691. The maximum atomic E-state index is 14.1. The van der Waals surface area contributed by atoms with Crippen LogP contribution in [0.5, 0.6) is 0 Å². The maximum Gasteiger partial charge on any atom is 0.256 e. The molecule has 3 aromatic rings. The van der Waals surface area contributed by atoms with Crippen LogP contribution in [0.25, 0.3) is 16.8 Å². The van der Waals surface area contributed by atoms with E-state index in [0.29, 0.717) is 37.3 Å². The summed E-state index contributed by atoms with van der Waals surface area (Å²) in [6, 6.07) is 5.13. The Morgan fingerprint density at radius 3 is 2.96 bits per heavy atom. The SMILES string of the molecule is Nc1nc2cc(-c3cnc4c(c3)C(=O)N([C@@H]3CNC[C@@H]3F)CC4)ccn2n1. The molecular weight excluding hydrogens is 349 g/mol. The van der Waals surface area contributed by atoms with Gasteiger partial charge in [0.05, 0.1) is 17.3 Å². The number of fused-ring (bicyclic) bond motifs is 2. The van der Waals surface area contributed by atoms with Crippen molar-refractivity contribution in [1.82, 2.24) is 29.8 Å². The molecule has 1 fully saturated rings. The lowest BCUT2D eigenvalue weighted by Crippen LogP contribution is -2.49. The Kier molecular flexibility index (Phi) is 3.57. The molecule has 0 unspecified atom stereocenters. The van der Waals surface area contributed by atoms with Gasteiger partial charge in [0.25, 0.3) is 5.91 Å². The number of halogens is 1. The average molecular weight is 367 g/mol. The van der Waals surface area contributed by atoms with E-state index < -0.39 is 12.2 Å². The summed E-state index contributed by atoms with van der Waals surface area (Å²) in [7, 11) is 0. The topological polar surface area (TPSA) is 101 Å². The number of aromatic nitrogens is 4. The van der Waals surface area contributed by atoms with Crippen molar-refractivity contribution in [2.24, 2.45) is 0 Å². The summed E-state index contributed by atoms with van der Waals surface area (Å²) in [5.74, 6) is 0.0437. The minimum Gasteiger partial charge on any atom is -0.366 e. The number of hydrogen-bond donors (Lipinski definition) is 2. The van der Waals surface area contributed by atoms with E-state index in [-0.39, 0.29) is 11.9 Å². The van der Waals surface area contributed by atoms with E-state index in [1.54, 1.807) is 21.8 Å². The van der Waals surface area contributed by atoms with Gasteiger partial charge in [0.1, 0.15) is 6.17 Å². The van der Waals surface area contributed by atoms with Crippen LogP contribution in [0, 0.1) is 0 Å². The van der Waals surface area contributed by atoms with Crippen molar-refractivity contribution >= 4 is 17.5 Å². The van der Waals surface area contributed by atoms with Crippen LogP contribution in [0.4, 0.5) is 10.3 Å². The van der Waals surface area contributed by atoms with Gasteiger partial charge >= 0.3 is 0 Å². The molecule has 1 saturated heterocycles. The number of alkyl halides is 1. The van der Waals surface area contributed by atoms with Gasteiger partial charge in [0, 0.05) is 44.0 Å². The maximum absolute atomic E-state index is 14.1. The van der Waals surface area contributed by atoms with Gasteiger partial charge in [0.15, 0.2) is 5.65 Å². The number of carbonyl (C=O) groups is 1. The van der Waals surface area contributed by atoms with Crippen LogP contribution in [0.15, 0.2) is 30.6 Å². The number of hydrogen-bond acceptors (Lipinski definition) is 6. The van der Waals surface area contributed by atoms with Crippen molar-refractivity contribution in [3.05, 3.63) is 41.9 Å². The summed E-state index contributed by atoms with van der Waals surface area (Å²) in [5.41, 5.74) is 9.21. The molecule has 8 nitrogen and oxygen atoms in total. The summed E-state index contributed by atoms with van der Waals surface area (Å²) in [5, 5.41) is 7.07. The minimum atomic E-state index is -1.03. The number of carbonyl (C=O) groups excluding carboxylic acids is 1. The predicted molar refractivity (Wildman–Crippen MR) is 96.9 cm³/mol. The number of nitrogens with two attached hydrogens (primary N) is 1. The number of anilines is 1. The molecule has 5 rings (SSSR count). The van der Waals surface area contributed by atoms with E-state index in [4.69, 9.17) is 5.73 Å². The second kappa shape index (κ2) is 5.98. The summed E-state index contributed by atoms with van der Waals surface area (Å²) in [6.07, 6.45) is 3.11. The number of amides is 1. The van der Waals surface area contributed by atoms with Crippen molar-refractivity contribution in [2.45, 2.75) is 18.6 Å². The Balaban J connectivity index is 1.51. The predicted octanol–water partition coefficient (Wildman–Crippen LogP) is 0.682. The number of pyridine rings is 2. The summed E-state index contributed by atoms with van der Waals surface area (Å²) in [6.45, 7) is 1.28. The average Bonchev–Trinajstić information content (AvgIpc) is 3.25. The lowest BCUT2D eigenvalue weighted by atomic mass is 9.98. The van der Waals surface area contributed by atoms with E-state index in [1.165, 1.54) is 0 Å². The lowest BCUT2D eigenvalue weighted by Gasteiger charge is -2.33. The van der Waals surface area contributed by atoms with E-state index in [2.05, 4.69) is 20.4 Å². The molecule has 0 aromatic carbocycles. The highest BCUT2D eigenvalue weighted by atomic mass is 19.1.